The number of carbonyl (C=O) groups is 2. The van der Waals surface area contributed by atoms with Crippen LogP contribution in [-0.2, 0) is 9.59 Å². The van der Waals surface area contributed by atoms with E-state index in [-0.39, 0.29) is 24.1 Å². The number of thioether (sulfide) groups is 1. The summed E-state index contributed by atoms with van der Waals surface area (Å²) in [6.07, 6.45) is 4.67. The van der Waals surface area contributed by atoms with Crippen LogP contribution in [0.5, 0.6) is 5.75 Å². The van der Waals surface area contributed by atoms with Crippen molar-refractivity contribution in [3.8, 4) is 5.75 Å². The third-order valence-corrected chi connectivity index (χ3v) is 6.38. The van der Waals surface area contributed by atoms with Crippen molar-refractivity contribution in [1.82, 2.24) is 4.90 Å². The second kappa shape index (κ2) is 12.4. The summed E-state index contributed by atoms with van der Waals surface area (Å²) in [6.45, 7) is 5.15. The molecule has 1 aliphatic rings. The minimum absolute atomic E-state index is 0.0890. The molecule has 0 saturated carbocycles. The van der Waals surface area contributed by atoms with Crippen LogP contribution in [0.1, 0.15) is 46.0 Å². The number of amidine groups is 1. The Hall–Kier alpha value is -2.87. The van der Waals surface area contributed by atoms with E-state index in [0.717, 1.165) is 18.6 Å². The first kappa shape index (κ1) is 24.8. The van der Waals surface area contributed by atoms with E-state index in [4.69, 9.17) is 4.74 Å². The number of hydrogen-bond donors (Lipinski definition) is 1. The number of aliphatic imine (C=N–C) groups is 1. The Balaban J connectivity index is 1.61. The largest absolute Gasteiger partial charge is 0.494 e. The van der Waals surface area contributed by atoms with Crippen LogP contribution < -0.4 is 10.1 Å². The summed E-state index contributed by atoms with van der Waals surface area (Å²) in [5.41, 5.74) is 1.16. The van der Waals surface area contributed by atoms with Crippen LogP contribution in [-0.4, -0.2) is 40.3 Å². The molecule has 1 heterocycles. The number of unbranched alkanes of at least 4 members (excludes halogenated alkanes) is 3. The van der Waals surface area contributed by atoms with Gasteiger partial charge in [-0.1, -0.05) is 37.9 Å². The molecule has 2 aromatic carbocycles. The monoisotopic (exact) mass is 471 g/mol. The second-order valence-electron chi connectivity index (χ2n) is 7.74. The van der Waals surface area contributed by atoms with Gasteiger partial charge in [0.25, 0.3) is 0 Å². The highest BCUT2D eigenvalue weighted by molar-refractivity contribution is 8.15. The maximum atomic E-state index is 13.2. The van der Waals surface area contributed by atoms with Gasteiger partial charge in [0.1, 0.15) is 16.8 Å². The minimum atomic E-state index is -0.603. The number of nitrogens with one attached hydrogen (secondary N) is 1. The number of rotatable bonds is 10. The number of nitrogens with zero attached hydrogens (tertiary/aromatic N) is 2. The smallest absolute Gasteiger partial charge is 0.238 e. The van der Waals surface area contributed by atoms with Crippen LogP contribution in [0.3, 0.4) is 0 Å². The van der Waals surface area contributed by atoms with E-state index in [2.05, 4.69) is 17.2 Å². The van der Waals surface area contributed by atoms with Crippen LogP contribution in [0.4, 0.5) is 15.8 Å². The molecule has 2 aromatic rings. The molecule has 0 aromatic heterocycles. The van der Waals surface area contributed by atoms with Crippen molar-refractivity contribution < 1.29 is 18.7 Å². The van der Waals surface area contributed by atoms with E-state index < -0.39 is 5.25 Å². The Kier molecular flexibility index (Phi) is 9.30. The fraction of sp³-hybridized carbons (Fsp3) is 0.400. The molecule has 1 saturated heterocycles. The molecule has 0 spiro atoms. The molecule has 6 nitrogen and oxygen atoms in total. The Morgan fingerprint density at radius 1 is 1.12 bits per heavy atom. The van der Waals surface area contributed by atoms with E-state index in [1.807, 2.05) is 19.1 Å². The maximum absolute atomic E-state index is 13.2. The lowest BCUT2D eigenvalue weighted by atomic mass is 10.2. The van der Waals surface area contributed by atoms with Gasteiger partial charge < -0.3 is 10.1 Å². The van der Waals surface area contributed by atoms with Gasteiger partial charge in [0.15, 0.2) is 5.17 Å². The van der Waals surface area contributed by atoms with Gasteiger partial charge in [0.05, 0.1) is 12.3 Å². The predicted octanol–water partition coefficient (Wildman–Crippen LogP) is 5.77. The number of halogens is 1. The molecule has 0 bridgehead atoms. The first-order valence-electron chi connectivity index (χ1n) is 11.3. The van der Waals surface area contributed by atoms with Crippen molar-refractivity contribution in [2.24, 2.45) is 4.99 Å². The van der Waals surface area contributed by atoms with E-state index >= 15 is 0 Å². The zero-order valence-electron chi connectivity index (χ0n) is 19.1. The normalized spacial score (nSPS) is 17.3. The third-order valence-electron chi connectivity index (χ3n) is 5.19. The lowest BCUT2D eigenvalue weighted by Gasteiger charge is -2.30. The summed E-state index contributed by atoms with van der Waals surface area (Å²) in [5.74, 6) is -0.0175. The quantitative estimate of drug-likeness (QED) is 0.447. The molecule has 1 fully saturated rings. The van der Waals surface area contributed by atoms with Crippen molar-refractivity contribution in [2.45, 2.75) is 51.2 Å². The average Bonchev–Trinajstić information content (AvgIpc) is 2.81. The van der Waals surface area contributed by atoms with Crippen LogP contribution in [0.15, 0.2) is 53.5 Å². The van der Waals surface area contributed by atoms with Crippen molar-refractivity contribution in [1.29, 1.82) is 0 Å². The first-order valence-corrected chi connectivity index (χ1v) is 12.2. The van der Waals surface area contributed by atoms with Gasteiger partial charge in [-0.3, -0.25) is 14.5 Å². The summed E-state index contributed by atoms with van der Waals surface area (Å²) in [5, 5.41) is 2.71. The van der Waals surface area contributed by atoms with Gasteiger partial charge in [-0.2, -0.15) is 0 Å². The summed E-state index contributed by atoms with van der Waals surface area (Å²) < 4.78 is 18.9. The molecule has 8 heteroatoms. The summed E-state index contributed by atoms with van der Waals surface area (Å²) in [4.78, 5) is 31.5. The molecule has 3 rings (SSSR count). The molecule has 0 radical (unpaired) electrons. The lowest BCUT2D eigenvalue weighted by molar-refractivity contribution is -0.129. The van der Waals surface area contributed by atoms with Gasteiger partial charge in [-0.25, -0.2) is 9.38 Å². The SMILES string of the molecule is CCCCCCOc1ccc(NC(=O)C2CC(=O)N(CC)C(=Nc3ccc(F)cc3)S2)cc1. The lowest BCUT2D eigenvalue weighted by Crippen LogP contribution is -2.45. The second-order valence-corrected chi connectivity index (χ2v) is 8.91. The molecular weight excluding hydrogens is 441 g/mol. The van der Waals surface area contributed by atoms with Gasteiger partial charge in [0, 0.05) is 18.7 Å². The maximum Gasteiger partial charge on any atom is 0.238 e. The Bertz CT molecular complexity index is 964. The predicted molar refractivity (Wildman–Crippen MR) is 132 cm³/mol. The molecule has 176 valence electrons. The van der Waals surface area contributed by atoms with Crippen LogP contribution in [0.25, 0.3) is 0 Å². The molecule has 2 amide bonds. The molecule has 1 aliphatic heterocycles. The number of amides is 2. The van der Waals surface area contributed by atoms with Crippen LogP contribution in [0, 0.1) is 5.82 Å². The van der Waals surface area contributed by atoms with Crippen molar-refractivity contribution >= 4 is 40.1 Å². The highest BCUT2D eigenvalue weighted by Gasteiger charge is 2.35. The van der Waals surface area contributed by atoms with Crippen LogP contribution >= 0.6 is 11.8 Å². The van der Waals surface area contributed by atoms with E-state index in [0.29, 0.717) is 29.7 Å². The van der Waals surface area contributed by atoms with E-state index in [1.165, 1.54) is 36.7 Å². The van der Waals surface area contributed by atoms with Crippen molar-refractivity contribution in [3.05, 3.63) is 54.3 Å². The molecule has 1 unspecified atom stereocenters. The number of anilines is 1. The molecular formula is C25H30FN3O3S. The van der Waals surface area contributed by atoms with Gasteiger partial charge in [0.2, 0.25) is 11.8 Å². The highest BCUT2D eigenvalue weighted by atomic mass is 32.2. The zero-order valence-corrected chi connectivity index (χ0v) is 19.9. The first-order chi connectivity index (χ1) is 16.0. The van der Waals surface area contributed by atoms with Gasteiger partial charge in [-0.15, -0.1) is 0 Å². The number of benzene rings is 2. The zero-order chi connectivity index (χ0) is 23.6. The fourth-order valence-electron chi connectivity index (χ4n) is 3.35. The highest BCUT2D eigenvalue weighted by Crippen LogP contribution is 2.30. The summed E-state index contributed by atoms with van der Waals surface area (Å²) in [7, 11) is 0. The van der Waals surface area contributed by atoms with Crippen LogP contribution in [0.2, 0.25) is 0 Å². The summed E-state index contributed by atoms with van der Waals surface area (Å²) in [6, 6.07) is 12.9. The molecule has 0 aliphatic carbocycles. The molecule has 1 N–H and O–H groups in total. The Morgan fingerprint density at radius 3 is 2.52 bits per heavy atom. The number of carbonyl (C=O) groups excluding carboxylic acids is 2. The topological polar surface area (TPSA) is 71.0 Å². The molecule has 1 atom stereocenters. The van der Waals surface area contributed by atoms with Crippen molar-refractivity contribution in [2.75, 3.05) is 18.5 Å². The Labute approximate surface area is 198 Å². The summed E-state index contributed by atoms with van der Waals surface area (Å²) >= 11 is 1.24. The minimum Gasteiger partial charge on any atom is -0.494 e. The molecule has 33 heavy (non-hydrogen) atoms. The van der Waals surface area contributed by atoms with E-state index in [9.17, 15) is 14.0 Å². The van der Waals surface area contributed by atoms with E-state index in [1.54, 1.807) is 29.2 Å². The average molecular weight is 472 g/mol. The standard InChI is InChI=1S/C25H30FN3O3S/c1-3-5-6-7-16-32-21-14-12-19(13-15-21)27-24(31)22-17-23(30)29(4-2)25(33-22)28-20-10-8-18(26)9-11-20/h8-15,22H,3-7,16-17H2,1-2H3,(H,27,31). The van der Waals surface area contributed by atoms with Gasteiger partial charge >= 0.3 is 0 Å². The van der Waals surface area contributed by atoms with Gasteiger partial charge in [-0.05, 0) is 61.9 Å². The number of hydrogen-bond acceptors (Lipinski definition) is 5. The Morgan fingerprint density at radius 2 is 1.85 bits per heavy atom. The third kappa shape index (κ3) is 7.32. The fourth-order valence-corrected chi connectivity index (χ4v) is 4.52. The van der Waals surface area contributed by atoms with Crippen molar-refractivity contribution in [3.63, 3.8) is 0 Å². The number of ether oxygens (including phenoxy) is 1.